The van der Waals surface area contributed by atoms with Gasteiger partial charge in [-0.05, 0) is 0 Å². The highest BCUT2D eigenvalue weighted by molar-refractivity contribution is 6.12. The Morgan fingerprint density at radius 2 is 1.91 bits per heavy atom. The zero-order valence-electron chi connectivity index (χ0n) is 6.16. The predicted octanol–water partition coefficient (Wildman–Crippen LogP) is -0.226. The quantitative estimate of drug-likeness (QED) is 0.203. The topological polar surface area (TPSA) is 72.8 Å². The second-order valence-electron chi connectivity index (χ2n) is 1.56. The van der Waals surface area contributed by atoms with Crippen molar-refractivity contribution in [1.82, 2.24) is 0 Å². The van der Waals surface area contributed by atoms with Crippen LogP contribution in [-0.4, -0.2) is 31.3 Å². The molecule has 0 fully saturated rings. The van der Waals surface area contributed by atoms with Crippen LogP contribution in [0, 0.1) is 0 Å². The van der Waals surface area contributed by atoms with E-state index in [1.807, 2.05) is 0 Å². The highest BCUT2D eigenvalue weighted by atomic mass is 16.5. The van der Waals surface area contributed by atoms with Crippen LogP contribution in [0.25, 0.3) is 0 Å². The fourth-order valence-electron chi connectivity index (χ4n) is 0.414. The second-order valence-corrected chi connectivity index (χ2v) is 1.56. The minimum Gasteiger partial charge on any atom is -0.503 e. The van der Waals surface area contributed by atoms with E-state index in [1.165, 1.54) is 7.11 Å². The van der Waals surface area contributed by atoms with Crippen LogP contribution in [0.15, 0.2) is 11.8 Å². The molecule has 5 heteroatoms. The summed E-state index contributed by atoms with van der Waals surface area (Å²) < 4.78 is 8.50. The number of carboxylic acids is 1. The van der Waals surface area contributed by atoms with Crippen molar-refractivity contribution in [2.45, 2.75) is 0 Å². The van der Waals surface area contributed by atoms with E-state index in [2.05, 4.69) is 9.47 Å². The van der Waals surface area contributed by atoms with Crippen molar-refractivity contribution >= 4 is 11.9 Å². The highest BCUT2D eigenvalue weighted by Gasteiger charge is 2.17. The van der Waals surface area contributed by atoms with E-state index in [-0.39, 0.29) is 0 Å². The fourth-order valence-corrected chi connectivity index (χ4v) is 0.414. The molecule has 0 heterocycles. The Hall–Kier alpha value is -1.52. The van der Waals surface area contributed by atoms with Gasteiger partial charge in [-0.3, -0.25) is 0 Å². The van der Waals surface area contributed by atoms with Gasteiger partial charge in [0, 0.05) is 0 Å². The first-order valence-corrected chi connectivity index (χ1v) is 2.68. The molecule has 0 aliphatic heterocycles. The first kappa shape index (κ1) is 9.48. The smallest absolute Gasteiger partial charge is 0.348 e. The van der Waals surface area contributed by atoms with Crippen molar-refractivity contribution in [3.8, 4) is 0 Å². The molecule has 0 atom stereocenters. The summed E-state index contributed by atoms with van der Waals surface area (Å²) in [6.07, 6.45) is 0.814. The molecular weight excluding hydrogens is 152 g/mol. The van der Waals surface area contributed by atoms with Gasteiger partial charge in [-0.25, -0.2) is 9.59 Å². The van der Waals surface area contributed by atoms with Crippen molar-refractivity contribution in [2.24, 2.45) is 0 Å². The number of carbonyl (C=O) groups is 2. The van der Waals surface area contributed by atoms with E-state index in [0.29, 0.717) is 0 Å². The number of hydrogen-bond donors (Lipinski definition) is 1. The number of esters is 1. The highest BCUT2D eigenvalue weighted by Crippen LogP contribution is 1.97. The third-order valence-electron chi connectivity index (χ3n) is 0.871. The van der Waals surface area contributed by atoms with Gasteiger partial charge in [0.25, 0.3) is 0 Å². The zero-order valence-corrected chi connectivity index (χ0v) is 6.16. The molecule has 0 unspecified atom stereocenters. The van der Waals surface area contributed by atoms with Gasteiger partial charge in [0.15, 0.2) is 5.57 Å². The lowest BCUT2D eigenvalue weighted by molar-refractivity contribution is -0.142. The summed E-state index contributed by atoms with van der Waals surface area (Å²) in [6, 6.07) is 0. The molecular formula is C6H8O5. The Morgan fingerprint density at radius 1 is 1.36 bits per heavy atom. The van der Waals surface area contributed by atoms with Crippen molar-refractivity contribution < 1.29 is 24.2 Å². The van der Waals surface area contributed by atoms with Crippen molar-refractivity contribution in [2.75, 3.05) is 14.2 Å². The molecule has 0 rings (SSSR count). The molecule has 11 heavy (non-hydrogen) atoms. The third kappa shape index (κ3) is 2.70. The van der Waals surface area contributed by atoms with E-state index >= 15 is 0 Å². The Labute approximate surface area is 63.2 Å². The summed E-state index contributed by atoms with van der Waals surface area (Å²) >= 11 is 0. The first-order valence-electron chi connectivity index (χ1n) is 2.68. The number of methoxy groups -OCH3 is 2. The summed E-state index contributed by atoms with van der Waals surface area (Å²) in [7, 11) is 2.33. The molecule has 0 aliphatic carbocycles. The van der Waals surface area contributed by atoms with Crippen LogP contribution in [0.4, 0.5) is 0 Å². The average molecular weight is 160 g/mol. The zero-order chi connectivity index (χ0) is 8.85. The first-order chi connectivity index (χ1) is 5.13. The molecule has 0 aromatic rings. The maximum Gasteiger partial charge on any atom is 0.348 e. The van der Waals surface area contributed by atoms with Crippen LogP contribution in [0.1, 0.15) is 0 Å². The normalized spacial score (nSPS) is 10.5. The molecule has 0 bridgehead atoms. The molecule has 0 aromatic carbocycles. The molecule has 1 N–H and O–H groups in total. The van der Waals surface area contributed by atoms with Crippen LogP contribution in [0.5, 0.6) is 0 Å². The largest absolute Gasteiger partial charge is 0.503 e. The maximum atomic E-state index is 10.6. The Morgan fingerprint density at radius 3 is 2.18 bits per heavy atom. The van der Waals surface area contributed by atoms with Crippen molar-refractivity contribution in [3.05, 3.63) is 11.8 Å². The van der Waals surface area contributed by atoms with Gasteiger partial charge in [-0.15, -0.1) is 0 Å². The van der Waals surface area contributed by atoms with Crippen LogP contribution < -0.4 is 0 Å². The minimum atomic E-state index is -1.38. The maximum absolute atomic E-state index is 10.6. The number of carbonyl (C=O) groups excluding carboxylic acids is 1. The van der Waals surface area contributed by atoms with Gasteiger partial charge in [0.1, 0.15) is 6.26 Å². The van der Waals surface area contributed by atoms with Crippen LogP contribution >= 0.6 is 0 Å². The molecule has 0 aromatic heterocycles. The Balaban J connectivity index is 4.48. The van der Waals surface area contributed by atoms with Crippen LogP contribution in [0.2, 0.25) is 0 Å². The molecule has 0 saturated carbocycles. The van der Waals surface area contributed by atoms with Crippen molar-refractivity contribution in [1.29, 1.82) is 0 Å². The van der Waals surface area contributed by atoms with Crippen LogP contribution in [-0.2, 0) is 19.1 Å². The lowest BCUT2D eigenvalue weighted by Gasteiger charge is -1.97. The van der Waals surface area contributed by atoms with Gasteiger partial charge >= 0.3 is 11.9 Å². The van der Waals surface area contributed by atoms with Gasteiger partial charge < -0.3 is 14.6 Å². The summed E-state index contributed by atoms with van der Waals surface area (Å²) in [5.41, 5.74) is -0.532. The second kappa shape index (κ2) is 4.32. The predicted molar refractivity (Wildman–Crippen MR) is 34.7 cm³/mol. The fraction of sp³-hybridized carbons (Fsp3) is 0.333. The van der Waals surface area contributed by atoms with Crippen LogP contribution in [0.3, 0.4) is 0 Å². The summed E-state index contributed by atoms with van der Waals surface area (Å²) in [4.78, 5) is 20.8. The number of aliphatic carboxylic acids is 1. The lowest BCUT2D eigenvalue weighted by Crippen LogP contribution is -2.13. The lowest BCUT2D eigenvalue weighted by atomic mass is 10.3. The Bertz CT molecular complexity index is 193. The number of ether oxygens (including phenoxy) is 2. The van der Waals surface area contributed by atoms with Crippen molar-refractivity contribution in [3.63, 3.8) is 0 Å². The van der Waals surface area contributed by atoms with Gasteiger partial charge in [0.2, 0.25) is 0 Å². The minimum absolute atomic E-state index is 0.532. The third-order valence-corrected chi connectivity index (χ3v) is 0.871. The number of rotatable bonds is 3. The molecule has 0 amide bonds. The molecule has 62 valence electrons. The molecule has 0 spiro atoms. The van der Waals surface area contributed by atoms with E-state index in [1.54, 1.807) is 0 Å². The number of hydrogen-bond acceptors (Lipinski definition) is 4. The van der Waals surface area contributed by atoms with E-state index in [4.69, 9.17) is 5.11 Å². The van der Waals surface area contributed by atoms with Gasteiger partial charge in [-0.1, -0.05) is 0 Å². The molecule has 0 saturated heterocycles. The van der Waals surface area contributed by atoms with E-state index in [0.717, 1.165) is 13.4 Å². The summed E-state index contributed by atoms with van der Waals surface area (Å²) in [5.74, 6) is -2.31. The van der Waals surface area contributed by atoms with Gasteiger partial charge in [0.05, 0.1) is 14.2 Å². The summed E-state index contributed by atoms with van der Waals surface area (Å²) in [5, 5.41) is 8.36. The number of carboxylic acid groups (broad SMARTS) is 1. The van der Waals surface area contributed by atoms with E-state index < -0.39 is 17.5 Å². The monoisotopic (exact) mass is 160 g/mol. The summed E-state index contributed by atoms with van der Waals surface area (Å²) in [6.45, 7) is 0. The molecule has 0 aliphatic rings. The average Bonchev–Trinajstić information content (AvgIpc) is 1.98. The molecule has 5 nitrogen and oxygen atoms in total. The van der Waals surface area contributed by atoms with E-state index in [9.17, 15) is 9.59 Å². The molecule has 0 radical (unpaired) electrons. The SMILES string of the molecule is COC=C(C(=O)O)C(=O)OC. The Kier molecular flexibility index (Phi) is 3.72. The van der Waals surface area contributed by atoms with Gasteiger partial charge in [-0.2, -0.15) is 0 Å². The standard InChI is InChI=1S/C6H8O5/c1-10-3-4(5(7)8)6(9)11-2/h3H,1-2H3,(H,7,8).